The van der Waals surface area contributed by atoms with Gasteiger partial charge in [-0.05, 0) is 24.3 Å². The van der Waals surface area contributed by atoms with Crippen molar-refractivity contribution >= 4 is 29.1 Å². The molecule has 1 heterocycles. The summed E-state index contributed by atoms with van der Waals surface area (Å²) in [5, 5.41) is 14.0. The Morgan fingerprint density at radius 1 is 1.04 bits per heavy atom. The standard InChI is InChI=1S/C18H17N5O3/c1-25-13-7-5-6-12(10-13)20-18-22-16(11-19-23-18)21-15-9-4-3-8-14(15)17(24)26-2/h3-11H,1-2H3,(H2,20,21,22,23). The molecular formula is C18H17N5O3. The highest BCUT2D eigenvalue weighted by Crippen LogP contribution is 2.22. The Balaban J connectivity index is 1.81. The minimum absolute atomic E-state index is 0.304. The van der Waals surface area contributed by atoms with Gasteiger partial charge in [-0.1, -0.05) is 18.2 Å². The number of carbonyl (C=O) groups is 1. The molecule has 2 aromatic carbocycles. The van der Waals surface area contributed by atoms with Gasteiger partial charge in [0.2, 0.25) is 5.95 Å². The van der Waals surface area contributed by atoms with Crippen molar-refractivity contribution in [2.24, 2.45) is 0 Å². The van der Waals surface area contributed by atoms with E-state index in [1.807, 2.05) is 24.3 Å². The zero-order chi connectivity index (χ0) is 18.4. The van der Waals surface area contributed by atoms with E-state index in [1.165, 1.54) is 13.3 Å². The maximum absolute atomic E-state index is 11.9. The molecule has 0 radical (unpaired) electrons. The second kappa shape index (κ2) is 7.93. The molecule has 26 heavy (non-hydrogen) atoms. The number of nitrogens with one attached hydrogen (secondary N) is 2. The van der Waals surface area contributed by atoms with Crippen molar-refractivity contribution in [3.63, 3.8) is 0 Å². The quantitative estimate of drug-likeness (QED) is 0.654. The maximum Gasteiger partial charge on any atom is 0.339 e. The second-order valence-electron chi connectivity index (χ2n) is 5.18. The summed E-state index contributed by atoms with van der Waals surface area (Å²) in [6, 6.07) is 14.3. The third-order valence-corrected chi connectivity index (χ3v) is 3.48. The van der Waals surface area contributed by atoms with Crippen LogP contribution in [-0.2, 0) is 4.74 Å². The smallest absolute Gasteiger partial charge is 0.339 e. The Hall–Kier alpha value is -3.68. The predicted octanol–water partition coefficient (Wildman–Crippen LogP) is 3.15. The molecule has 0 unspecified atom stereocenters. The van der Waals surface area contributed by atoms with Crippen LogP contribution in [-0.4, -0.2) is 35.4 Å². The zero-order valence-corrected chi connectivity index (χ0v) is 14.3. The number of methoxy groups -OCH3 is 2. The molecule has 0 bridgehead atoms. The van der Waals surface area contributed by atoms with E-state index in [4.69, 9.17) is 9.47 Å². The van der Waals surface area contributed by atoms with Gasteiger partial charge in [0, 0.05) is 11.8 Å². The molecule has 0 aliphatic heterocycles. The van der Waals surface area contributed by atoms with Crippen LogP contribution in [0, 0.1) is 0 Å². The van der Waals surface area contributed by atoms with E-state index in [9.17, 15) is 4.79 Å². The summed E-state index contributed by atoms with van der Waals surface area (Å²) in [6.07, 6.45) is 1.46. The number of rotatable bonds is 6. The van der Waals surface area contributed by atoms with Crippen LogP contribution in [0.1, 0.15) is 10.4 Å². The second-order valence-corrected chi connectivity index (χ2v) is 5.18. The number of esters is 1. The minimum Gasteiger partial charge on any atom is -0.497 e. The molecule has 0 spiro atoms. The summed E-state index contributed by atoms with van der Waals surface area (Å²) < 4.78 is 9.98. The summed E-state index contributed by atoms with van der Waals surface area (Å²) in [4.78, 5) is 16.2. The average Bonchev–Trinajstić information content (AvgIpc) is 2.68. The summed E-state index contributed by atoms with van der Waals surface area (Å²) in [5.74, 6) is 1.01. The minimum atomic E-state index is -0.440. The number of para-hydroxylation sites is 1. The van der Waals surface area contributed by atoms with Gasteiger partial charge in [-0.15, -0.1) is 5.10 Å². The molecule has 0 fully saturated rings. The van der Waals surface area contributed by atoms with Crippen LogP contribution in [0.3, 0.4) is 0 Å². The molecule has 8 nitrogen and oxygen atoms in total. The van der Waals surface area contributed by atoms with Crippen molar-refractivity contribution in [1.82, 2.24) is 15.2 Å². The fraction of sp³-hybridized carbons (Fsp3) is 0.111. The van der Waals surface area contributed by atoms with Crippen molar-refractivity contribution in [2.75, 3.05) is 24.9 Å². The zero-order valence-electron chi connectivity index (χ0n) is 14.3. The lowest BCUT2D eigenvalue weighted by Gasteiger charge is -2.11. The fourth-order valence-corrected chi connectivity index (χ4v) is 2.26. The van der Waals surface area contributed by atoms with Crippen molar-refractivity contribution in [3.8, 4) is 5.75 Å². The van der Waals surface area contributed by atoms with Crippen LogP contribution in [0.25, 0.3) is 0 Å². The predicted molar refractivity (Wildman–Crippen MR) is 97.2 cm³/mol. The molecule has 0 saturated heterocycles. The van der Waals surface area contributed by atoms with Gasteiger partial charge < -0.3 is 20.1 Å². The van der Waals surface area contributed by atoms with E-state index in [1.54, 1.807) is 31.4 Å². The van der Waals surface area contributed by atoms with E-state index >= 15 is 0 Å². The fourth-order valence-electron chi connectivity index (χ4n) is 2.26. The number of hydrogen-bond acceptors (Lipinski definition) is 8. The maximum atomic E-state index is 11.9. The molecule has 0 aliphatic rings. The summed E-state index contributed by atoms with van der Waals surface area (Å²) >= 11 is 0. The largest absolute Gasteiger partial charge is 0.497 e. The van der Waals surface area contributed by atoms with Crippen molar-refractivity contribution < 1.29 is 14.3 Å². The molecule has 0 amide bonds. The molecule has 132 valence electrons. The van der Waals surface area contributed by atoms with Gasteiger partial charge >= 0.3 is 5.97 Å². The Kier molecular flexibility index (Phi) is 5.23. The Labute approximate surface area is 150 Å². The van der Waals surface area contributed by atoms with E-state index in [2.05, 4.69) is 25.8 Å². The van der Waals surface area contributed by atoms with Crippen molar-refractivity contribution in [1.29, 1.82) is 0 Å². The van der Waals surface area contributed by atoms with Crippen LogP contribution in [0.5, 0.6) is 5.75 Å². The van der Waals surface area contributed by atoms with Crippen LogP contribution in [0.2, 0.25) is 0 Å². The van der Waals surface area contributed by atoms with Gasteiger partial charge in [-0.2, -0.15) is 10.1 Å². The number of nitrogens with zero attached hydrogens (tertiary/aromatic N) is 3. The van der Waals surface area contributed by atoms with Gasteiger partial charge in [-0.3, -0.25) is 0 Å². The van der Waals surface area contributed by atoms with Gasteiger partial charge in [0.25, 0.3) is 0 Å². The molecular weight excluding hydrogens is 334 g/mol. The first-order valence-corrected chi connectivity index (χ1v) is 7.75. The van der Waals surface area contributed by atoms with Crippen LogP contribution in [0.4, 0.5) is 23.1 Å². The van der Waals surface area contributed by atoms with Crippen LogP contribution >= 0.6 is 0 Å². The average molecular weight is 351 g/mol. The van der Waals surface area contributed by atoms with E-state index in [0.717, 1.165) is 5.69 Å². The summed E-state index contributed by atoms with van der Waals surface area (Å²) in [7, 11) is 2.93. The van der Waals surface area contributed by atoms with Crippen LogP contribution in [0.15, 0.2) is 54.7 Å². The molecule has 0 saturated carbocycles. The molecule has 0 aliphatic carbocycles. The molecule has 1 aromatic heterocycles. The van der Waals surface area contributed by atoms with Gasteiger partial charge in [0.05, 0.1) is 31.7 Å². The number of carbonyl (C=O) groups excluding carboxylic acids is 1. The lowest BCUT2D eigenvalue weighted by Crippen LogP contribution is -2.07. The first-order chi connectivity index (χ1) is 12.7. The molecule has 2 N–H and O–H groups in total. The molecule has 3 rings (SSSR count). The highest BCUT2D eigenvalue weighted by Gasteiger charge is 2.12. The first-order valence-electron chi connectivity index (χ1n) is 7.75. The Bertz CT molecular complexity index is 917. The number of ether oxygens (including phenoxy) is 2. The third-order valence-electron chi connectivity index (χ3n) is 3.48. The van der Waals surface area contributed by atoms with E-state index < -0.39 is 5.97 Å². The molecule has 0 atom stereocenters. The Morgan fingerprint density at radius 3 is 2.69 bits per heavy atom. The summed E-state index contributed by atoms with van der Waals surface area (Å²) in [6.45, 7) is 0. The molecule has 3 aromatic rings. The lowest BCUT2D eigenvalue weighted by molar-refractivity contribution is 0.0602. The van der Waals surface area contributed by atoms with Gasteiger partial charge in [-0.25, -0.2) is 4.79 Å². The lowest BCUT2D eigenvalue weighted by atomic mass is 10.2. The molecule has 8 heteroatoms. The highest BCUT2D eigenvalue weighted by molar-refractivity contribution is 5.96. The Morgan fingerprint density at radius 2 is 1.88 bits per heavy atom. The number of aromatic nitrogens is 3. The highest BCUT2D eigenvalue weighted by atomic mass is 16.5. The van der Waals surface area contributed by atoms with E-state index in [-0.39, 0.29) is 0 Å². The number of hydrogen-bond donors (Lipinski definition) is 2. The number of benzene rings is 2. The van der Waals surface area contributed by atoms with E-state index in [0.29, 0.717) is 28.8 Å². The van der Waals surface area contributed by atoms with Crippen LogP contribution < -0.4 is 15.4 Å². The monoisotopic (exact) mass is 351 g/mol. The summed E-state index contributed by atoms with van der Waals surface area (Å²) in [5.41, 5.74) is 1.72. The van der Waals surface area contributed by atoms with Gasteiger partial charge in [0.1, 0.15) is 5.75 Å². The topological polar surface area (TPSA) is 98.3 Å². The van der Waals surface area contributed by atoms with Crippen molar-refractivity contribution in [3.05, 3.63) is 60.3 Å². The van der Waals surface area contributed by atoms with Crippen molar-refractivity contribution in [2.45, 2.75) is 0 Å². The third kappa shape index (κ3) is 4.04. The number of anilines is 4. The first kappa shape index (κ1) is 17.2. The van der Waals surface area contributed by atoms with Gasteiger partial charge in [0.15, 0.2) is 5.82 Å². The SMILES string of the molecule is COC(=O)c1ccccc1Nc1cnnc(Nc2cccc(OC)c2)n1. The normalized spacial score (nSPS) is 10.1.